The van der Waals surface area contributed by atoms with Gasteiger partial charge in [-0.2, -0.15) is 0 Å². The minimum Gasteiger partial charge on any atom is -0.365 e. The Morgan fingerprint density at radius 1 is 1.04 bits per heavy atom. The van der Waals surface area contributed by atoms with Crippen molar-refractivity contribution in [2.45, 2.75) is 13.1 Å². The molecule has 25 heavy (non-hydrogen) atoms. The third-order valence-corrected chi connectivity index (χ3v) is 4.77. The van der Waals surface area contributed by atoms with Crippen LogP contribution in [0.1, 0.15) is 10.4 Å². The zero-order valence-electron chi connectivity index (χ0n) is 13.4. The van der Waals surface area contributed by atoms with E-state index in [0.29, 0.717) is 29.9 Å². The summed E-state index contributed by atoms with van der Waals surface area (Å²) in [6, 6.07) is 17.6. The SMILES string of the molecule is O=c1c2nc(NCc3cccs3)ccc2ncn1Cc1ccccc1. The first-order chi connectivity index (χ1) is 12.3. The van der Waals surface area contributed by atoms with Gasteiger partial charge in [0.05, 0.1) is 24.9 Å². The van der Waals surface area contributed by atoms with Crippen LogP contribution in [0.25, 0.3) is 11.0 Å². The maximum absolute atomic E-state index is 12.8. The van der Waals surface area contributed by atoms with Crippen LogP contribution < -0.4 is 10.9 Å². The topological polar surface area (TPSA) is 59.8 Å². The molecule has 0 radical (unpaired) electrons. The van der Waals surface area contributed by atoms with Gasteiger partial charge in [0.25, 0.3) is 5.56 Å². The molecule has 0 aliphatic heterocycles. The molecule has 4 rings (SSSR count). The Labute approximate surface area is 148 Å². The molecular formula is C19H16N4OS. The maximum atomic E-state index is 12.8. The summed E-state index contributed by atoms with van der Waals surface area (Å²) in [5.74, 6) is 0.678. The smallest absolute Gasteiger partial charge is 0.280 e. The van der Waals surface area contributed by atoms with Gasteiger partial charge in [-0.25, -0.2) is 9.97 Å². The van der Waals surface area contributed by atoms with Gasteiger partial charge in [-0.05, 0) is 29.1 Å². The second-order valence-corrected chi connectivity index (χ2v) is 6.69. The Balaban J connectivity index is 1.63. The fourth-order valence-corrected chi connectivity index (χ4v) is 3.26. The van der Waals surface area contributed by atoms with Crippen LogP contribution in [0.2, 0.25) is 0 Å². The number of thiophene rings is 1. The summed E-state index contributed by atoms with van der Waals surface area (Å²) in [5.41, 5.74) is 1.91. The maximum Gasteiger partial charge on any atom is 0.280 e. The molecule has 0 amide bonds. The first-order valence-electron chi connectivity index (χ1n) is 7.96. The predicted molar refractivity (Wildman–Crippen MR) is 101 cm³/mol. The van der Waals surface area contributed by atoms with Gasteiger partial charge in [0.1, 0.15) is 5.82 Å². The number of hydrogen-bond acceptors (Lipinski definition) is 5. The molecule has 0 bridgehead atoms. The van der Waals surface area contributed by atoms with Gasteiger partial charge in [-0.3, -0.25) is 9.36 Å². The Hall–Kier alpha value is -2.99. The monoisotopic (exact) mass is 348 g/mol. The number of aromatic nitrogens is 3. The van der Waals surface area contributed by atoms with E-state index < -0.39 is 0 Å². The summed E-state index contributed by atoms with van der Waals surface area (Å²) in [5, 5.41) is 5.30. The Morgan fingerprint density at radius 3 is 2.72 bits per heavy atom. The van der Waals surface area contributed by atoms with Crippen molar-refractivity contribution < 1.29 is 0 Å². The summed E-state index contributed by atoms with van der Waals surface area (Å²) >= 11 is 1.68. The van der Waals surface area contributed by atoms with Crippen LogP contribution in [0, 0.1) is 0 Å². The zero-order chi connectivity index (χ0) is 17.1. The van der Waals surface area contributed by atoms with Gasteiger partial charge in [0.15, 0.2) is 5.52 Å². The molecular weight excluding hydrogens is 332 g/mol. The summed E-state index contributed by atoms with van der Waals surface area (Å²) in [6.45, 7) is 1.17. The molecule has 1 aromatic carbocycles. The highest BCUT2D eigenvalue weighted by Crippen LogP contribution is 2.14. The van der Waals surface area contributed by atoms with E-state index in [2.05, 4.69) is 21.4 Å². The van der Waals surface area contributed by atoms with E-state index in [9.17, 15) is 4.79 Å². The van der Waals surface area contributed by atoms with Crippen LogP contribution in [-0.4, -0.2) is 14.5 Å². The van der Waals surface area contributed by atoms with Crippen molar-refractivity contribution in [3.8, 4) is 0 Å². The third-order valence-electron chi connectivity index (χ3n) is 3.89. The number of fused-ring (bicyclic) bond motifs is 1. The molecule has 0 aliphatic carbocycles. The molecule has 0 saturated carbocycles. The molecule has 3 heterocycles. The molecule has 4 aromatic rings. The Morgan fingerprint density at radius 2 is 1.92 bits per heavy atom. The standard InChI is InChI=1S/C19H16N4OS/c24-19-18-16(21-13-23(19)12-14-5-2-1-3-6-14)8-9-17(22-18)20-11-15-7-4-10-25-15/h1-10,13H,11-12H2,(H,20,22). The van der Waals surface area contributed by atoms with Crippen molar-refractivity contribution in [2.24, 2.45) is 0 Å². The molecule has 6 heteroatoms. The van der Waals surface area contributed by atoms with Crippen LogP contribution in [0.15, 0.2) is 71.1 Å². The highest BCUT2D eigenvalue weighted by molar-refractivity contribution is 7.09. The molecule has 0 atom stereocenters. The molecule has 124 valence electrons. The molecule has 1 N–H and O–H groups in total. The Bertz CT molecular complexity index is 1040. The van der Waals surface area contributed by atoms with Crippen LogP contribution in [-0.2, 0) is 13.1 Å². The molecule has 0 unspecified atom stereocenters. The van der Waals surface area contributed by atoms with E-state index in [4.69, 9.17) is 0 Å². The first kappa shape index (κ1) is 15.5. The molecule has 0 saturated heterocycles. The Kier molecular flexibility index (Phi) is 4.26. The van der Waals surface area contributed by atoms with E-state index in [-0.39, 0.29) is 5.56 Å². The van der Waals surface area contributed by atoms with Gasteiger partial charge in [0.2, 0.25) is 0 Å². The van der Waals surface area contributed by atoms with E-state index in [1.54, 1.807) is 22.2 Å². The normalized spacial score (nSPS) is 10.9. The van der Waals surface area contributed by atoms with Crippen LogP contribution >= 0.6 is 11.3 Å². The summed E-state index contributed by atoms with van der Waals surface area (Å²) in [4.78, 5) is 22.8. The van der Waals surface area contributed by atoms with Gasteiger partial charge in [-0.15, -0.1) is 11.3 Å². The van der Waals surface area contributed by atoms with Crippen molar-refractivity contribution in [2.75, 3.05) is 5.32 Å². The number of nitrogens with zero attached hydrogens (tertiary/aromatic N) is 3. The van der Waals surface area contributed by atoms with Gasteiger partial charge >= 0.3 is 0 Å². The fourth-order valence-electron chi connectivity index (χ4n) is 2.62. The lowest BCUT2D eigenvalue weighted by atomic mass is 10.2. The molecule has 0 spiro atoms. The lowest BCUT2D eigenvalue weighted by Gasteiger charge is -2.08. The van der Waals surface area contributed by atoms with Crippen molar-refractivity contribution in [3.05, 3.63) is 87.1 Å². The van der Waals surface area contributed by atoms with E-state index in [1.807, 2.05) is 53.9 Å². The molecule has 3 aromatic heterocycles. The number of rotatable bonds is 5. The van der Waals surface area contributed by atoms with Crippen molar-refractivity contribution in [1.29, 1.82) is 0 Å². The fraction of sp³-hybridized carbons (Fsp3) is 0.105. The first-order valence-corrected chi connectivity index (χ1v) is 8.84. The van der Waals surface area contributed by atoms with Crippen molar-refractivity contribution >= 4 is 28.2 Å². The average molecular weight is 348 g/mol. The van der Waals surface area contributed by atoms with Crippen molar-refractivity contribution in [3.63, 3.8) is 0 Å². The number of hydrogen-bond donors (Lipinski definition) is 1. The highest BCUT2D eigenvalue weighted by Gasteiger charge is 2.07. The van der Waals surface area contributed by atoms with Gasteiger partial charge < -0.3 is 5.32 Å². The molecule has 0 aliphatic rings. The lowest BCUT2D eigenvalue weighted by Crippen LogP contribution is -2.22. The second-order valence-electron chi connectivity index (χ2n) is 5.66. The minimum absolute atomic E-state index is 0.131. The lowest BCUT2D eigenvalue weighted by molar-refractivity contribution is 0.746. The zero-order valence-corrected chi connectivity index (χ0v) is 14.2. The quantitative estimate of drug-likeness (QED) is 0.599. The minimum atomic E-state index is -0.131. The third kappa shape index (κ3) is 3.44. The highest BCUT2D eigenvalue weighted by atomic mass is 32.1. The number of pyridine rings is 1. The van der Waals surface area contributed by atoms with Crippen LogP contribution in [0.4, 0.5) is 5.82 Å². The number of anilines is 1. The van der Waals surface area contributed by atoms with E-state index in [1.165, 1.54) is 4.88 Å². The summed E-state index contributed by atoms with van der Waals surface area (Å²) in [7, 11) is 0. The summed E-state index contributed by atoms with van der Waals surface area (Å²) < 4.78 is 1.59. The van der Waals surface area contributed by atoms with E-state index in [0.717, 1.165) is 5.56 Å². The van der Waals surface area contributed by atoms with Crippen molar-refractivity contribution in [1.82, 2.24) is 14.5 Å². The van der Waals surface area contributed by atoms with Crippen LogP contribution in [0.3, 0.4) is 0 Å². The number of nitrogens with one attached hydrogen (secondary N) is 1. The molecule has 5 nitrogen and oxygen atoms in total. The molecule has 0 fully saturated rings. The largest absolute Gasteiger partial charge is 0.365 e. The van der Waals surface area contributed by atoms with Gasteiger partial charge in [0, 0.05) is 4.88 Å². The van der Waals surface area contributed by atoms with Crippen LogP contribution in [0.5, 0.6) is 0 Å². The predicted octanol–water partition coefficient (Wildman–Crippen LogP) is 3.51. The average Bonchev–Trinajstić information content (AvgIpc) is 3.17. The number of benzene rings is 1. The second kappa shape index (κ2) is 6.86. The van der Waals surface area contributed by atoms with Gasteiger partial charge in [-0.1, -0.05) is 36.4 Å². The summed E-state index contributed by atoms with van der Waals surface area (Å²) in [6.07, 6.45) is 1.58. The van der Waals surface area contributed by atoms with E-state index >= 15 is 0 Å².